The first-order valence-electron chi connectivity index (χ1n) is 7.22. The molecule has 0 amide bonds. The van der Waals surface area contributed by atoms with E-state index in [4.69, 9.17) is 4.74 Å². The lowest BCUT2D eigenvalue weighted by Crippen LogP contribution is -2.23. The van der Waals surface area contributed by atoms with Gasteiger partial charge in [-0.15, -0.1) is 0 Å². The van der Waals surface area contributed by atoms with Gasteiger partial charge in [0.25, 0.3) is 0 Å². The van der Waals surface area contributed by atoms with Gasteiger partial charge in [-0.05, 0) is 47.7 Å². The second-order valence-electron chi connectivity index (χ2n) is 5.61. The lowest BCUT2D eigenvalue weighted by atomic mass is 10.0. The summed E-state index contributed by atoms with van der Waals surface area (Å²) in [5.74, 6) is 1.24. The number of rotatable bonds is 6. The SMILES string of the molecule is CC(C)C(O)COc1ccc(Cc2ccc(O)cc2)cc1. The zero-order valence-electron chi connectivity index (χ0n) is 12.5. The molecule has 0 aliphatic carbocycles. The van der Waals surface area contributed by atoms with Gasteiger partial charge in [-0.1, -0.05) is 38.1 Å². The molecule has 1 unspecified atom stereocenters. The van der Waals surface area contributed by atoms with E-state index in [1.54, 1.807) is 12.1 Å². The Morgan fingerprint density at radius 3 is 1.95 bits per heavy atom. The van der Waals surface area contributed by atoms with Crippen molar-refractivity contribution in [2.45, 2.75) is 26.4 Å². The van der Waals surface area contributed by atoms with E-state index in [0.29, 0.717) is 6.61 Å². The topological polar surface area (TPSA) is 49.7 Å². The van der Waals surface area contributed by atoms with E-state index in [1.165, 1.54) is 5.56 Å². The van der Waals surface area contributed by atoms with Gasteiger partial charge in [-0.2, -0.15) is 0 Å². The number of aromatic hydroxyl groups is 1. The molecule has 0 saturated heterocycles. The van der Waals surface area contributed by atoms with Crippen molar-refractivity contribution in [1.29, 1.82) is 0 Å². The number of aliphatic hydroxyl groups excluding tert-OH is 1. The van der Waals surface area contributed by atoms with Crippen LogP contribution in [0.1, 0.15) is 25.0 Å². The van der Waals surface area contributed by atoms with Gasteiger partial charge in [-0.3, -0.25) is 0 Å². The van der Waals surface area contributed by atoms with E-state index in [1.807, 2.05) is 50.2 Å². The van der Waals surface area contributed by atoms with Crippen LogP contribution in [0.2, 0.25) is 0 Å². The maximum Gasteiger partial charge on any atom is 0.119 e. The lowest BCUT2D eigenvalue weighted by molar-refractivity contribution is 0.0701. The Morgan fingerprint density at radius 1 is 0.905 bits per heavy atom. The summed E-state index contributed by atoms with van der Waals surface area (Å²) >= 11 is 0. The van der Waals surface area contributed by atoms with Crippen LogP contribution in [0.4, 0.5) is 0 Å². The van der Waals surface area contributed by atoms with E-state index in [-0.39, 0.29) is 11.7 Å². The number of phenols is 1. The Balaban J connectivity index is 1.91. The third kappa shape index (κ3) is 4.80. The molecule has 1 atom stereocenters. The van der Waals surface area contributed by atoms with Crippen LogP contribution in [-0.4, -0.2) is 22.9 Å². The summed E-state index contributed by atoms with van der Waals surface area (Å²) in [5.41, 5.74) is 2.33. The first-order valence-corrected chi connectivity index (χ1v) is 7.22. The van der Waals surface area contributed by atoms with Crippen molar-refractivity contribution in [1.82, 2.24) is 0 Å². The van der Waals surface area contributed by atoms with Crippen molar-refractivity contribution in [3.63, 3.8) is 0 Å². The standard InChI is InChI=1S/C18H22O3/c1-13(2)18(20)12-21-17-9-5-15(6-10-17)11-14-3-7-16(19)8-4-14/h3-10,13,18-20H,11-12H2,1-2H3. The molecular formula is C18H22O3. The number of ether oxygens (including phenoxy) is 1. The minimum atomic E-state index is -0.443. The average Bonchev–Trinajstić information content (AvgIpc) is 2.48. The predicted molar refractivity (Wildman–Crippen MR) is 83.7 cm³/mol. The van der Waals surface area contributed by atoms with Crippen LogP contribution < -0.4 is 4.74 Å². The van der Waals surface area contributed by atoms with Crippen LogP contribution in [0.15, 0.2) is 48.5 Å². The quantitative estimate of drug-likeness (QED) is 0.856. The zero-order chi connectivity index (χ0) is 15.2. The molecule has 0 spiro atoms. The Morgan fingerprint density at radius 2 is 1.43 bits per heavy atom. The third-order valence-electron chi connectivity index (χ3n) is 3.46. The van der Waals surface area contributed by atoms with Crippen LogP contribution >= 0.6 is 0 Å². The Labute approximate surface area is 125 Å². The Kier molecular flexibility index (Phi) is 5.23. The summed E-state index contributed by atoms with van der Waals surface area (Å²) in [6.07, 6.45) is 0.372. The van der Waals surface area contributed by atoms with E-state index >= 15 is 0 Å². The minimum absolute atomic E-state index is 0.193. The molecule has 0 heterocycles. The average molecular weight is 286 g/mol. The fourth-order valence-electron chi connectivity index (χ4n) is 1.93. The van der Waals surface area contributed by atoms with Crippen molar-refractivity contribution in [3.05, 3.63) is 59.7 Å². The van der Waals surface area contributed by atoms with Crippen molar-refractivity contribution in [2.75, 3.05) is 6.61 Å². The van der Waals surface area contributed by atoms with Crippen molar-refractivity contribution in [2.24, 2.45) is 5.92 Å². The van der Waals surface area contributed by atoms with Crippen LogP contribution in [0.3, 0.4) is 0 Å². The molecule has 2 N–H and O–H groups in total. The van der Waals surface area contributed by atoms with Crippen molar-refractivity contribution >= 4 is 0 Å². The molecule has 21 heavy (non-hydrogen) atoms. The van der Waals surface area contributed by atoms with Crippen LogP contribution in [0.5, 0.6) is 11.5 Å². The molecule has 0 aromatic heterocycles. The number of aliphatic hydroxyl groups is 1. The van der Waals surface area contributed by atoms with Gasteiger partial charge in [0.15, 0.2) is 0 Å². The summed E-state index contributed by atoms with van der Waals surface area (Å²) in [4.78, 5) is 0. The molecule has 2 aromatic rings. The number of benzene rings is 2. The van der Waals surface area contributed by atoms with Crippen molar-refractivity contribution < 1.29 is 14.9 Å². The van der Waals surface area contributed by atoms with E-state index in [2.05, 4.69) is 0 Å². The molecule has 0 saturated carbocycles. The van der Waals surface area contributed by atoms with E-state index in [9.17, 15) is 10.2 Å². The minimum Gasteiger partial charge on any atom is -0.508 e. The smallest absolute Gasteiger partial charge is 0.119 e. The molecule has 112 valence electrons. The maximum absolute atomic E-state index is 9.71. The van der Waals surface area contributed by atoms with Gasteiger partial charge >= 0.3 is 0 Å². The molecule has 0 radical (unpaired) electrons. The third-order valence-corrected chi connectivity index (χ3v) is 3.46. The van der Waals surface area contributed by atoms with Crippen LogP contribution in [0, 0.1) is 5.92 Å². The molecular weight excluding hydrogens is 264 g/mol. The van der Waals surface area contributed by atoms with E-state index in [0.717, 1.165) is 17.7 Å². The molecule has 0 bridgehead atoms. The summed E-state index contributed by atoms with van der Waals surface area (Å²) in [7, 11) is 0. The summed E-state index contributed by atoms with van der Waals surface area (Å²) in [6.45, 7) is 4.25. The number of hydrogen-bond donors (Lipinski definition) is 2. The number of phenolic OH excluding ortho intramolecular Hbond substituents is 1. The lowest BCUT2D eigenvalue weighted by Gasteiger charge is -2.15. The fraction of sp³-hybridized carbons (Fsp3) is 0.333. The van der Waals surface area contributed by atoms with Gasteiger partial charge in [0, 0.05) is 0 Å². The largest absolute Gasteiger partial charge is 0.508 e. The summed E-state index contributed by atoms with van der Waals surface area (Å²) < 4.78 is 5.57. The number of hydrogen-bond acceptors (Lipinski definition) is 3. The molecule has 2 aromatic carbocycles. The van der Waals surface area contributed by atoms with Gasteiger partial charge < -0.3 is 14.9 Å². The highest BCUT2D eigenvalue weighted by atomic mass is 16.5. The predicted octanol–water partition coefficient (Wildman–Crippen LogP) is 3.38. The van der Waals surface area contributed by atoms with Gasteiger partial charge in [0.2, 0.25) is 0 Å². The normalized spacial score (nSPS) is 12.4. The molecule has 3 nitrogen and oxygen atoms in total. The van der Waals surface area contributed by atoms with Crippen LogP contribution in [0.25, 0.3) is 0 Å². The monoisotopic (exact) mass is 286 g/mol. The summed E-state index contributed by atoms with van der Waals surface area (Å²) in [5, 5.41) is 19.0. The second-order valence-corrected chi connectivity index (χ2v) is 5.61. The fourth-order valence-corrected chi connectivity index (χ4v) is 1.93. The second kappa shape index (κ2) is 7.14. The van der Waals surface area contributed by atoms with Gasteiger partial charge in [0.1, 0.15) is 18.1 Å². The zero-order valence-corrected chi connectivity index (χ0v) is 12.5. The molecule has 0 aliphatic heterocycles. The first kappa shape index (κ1) is 15.4. The highest BCUT2D eigenvalue weighted by molar-refractivity contribution is 5.33. The molecule has 2 rings (SSSR count). The molecule has 0 aliphatic rings. The first-order chi connectivity index (χ1) is 10.0. The molecule has 3 heteroatoms. The van der Waals surface area contributed by atoms with Gasteiger partial charge in [0.05, 0.1) is 6.10 Å². The van der Waals surface area contributed by atoms with E-state index < -0.39 is 6.10 Å². The highest BCUT2D eigenvalue weighted by Gasteiger charge is 2.09. The van der Waals surface area contributed by atoms with Crippen molar-refractivity contribution in [3.8, 4) is 11.5 Å². The Hall–Kier alpha value is -2.00. The molecule has 0 fully saturated rings. The van der Waals surface area contributed by atoms with Crippen LogP contribution in [-0.2, 0) is 6.42 Å². The maximum atomic E-state index is 9.71. The Bertz CT molecular complexity index is 544. The van der Waals surface area contributed by atoms with Gasteiger partial charge in [-0.25, -0.2) is 0 Å². The highest BCUT2D eigenvalue weighted by Crippen LogP contribution is 2.17. The summed E-state index contributed by atoms with van der Waals surface area (Å²) in [6, 6.07) is 15.1.